The summed E-state index contributed by atoms with van der Waals surface area (Å²) >= 11 is 3.47. The second-order valence-corrected chi connectivity index (χ2v) is 6.20. The van der Waals surface area contributed by atoms with Crippen LogP contribution in [0.2, 0.25) is 0 Å². The van der Waals surface area contributed by atoms with Crippen LogP contribution in [0.5, 0.6) is 0 Å². The van der Waals surface area contributed by atoms with Crippen molar-refractivity contribution in [2.45, 2.75) is 26.3 Å². The Labute approximate surface area is 134 Å². The second-order valence-electron chi connectivity index (χ2n) is 5.35. The molecule has 1 aromatic rings. The maximum absolute atomic E-state index is 12.5. The van der Waals surface area contributed by atoms with Gasteiger partial charge in [0.25, 0.3) is 5.91 Å². The van der Waals surface area contributed by atoms with E-state index in [1.165, 1.54) is 0 Å². The van der Waals surface area contributed by atoms with E-state index in [2.05, 4.69) is 26.9 Å². The molecule has 1 atom stereocenters. The fourth-order valence-electron chi connectivity index (χ4n) is 2.58. The Morgan fingerprint density at radius 3 is 2.57 bits per heavy atom. The molecule has 1 fully saturated rings. The number of carbonyl (C=O) groups excluding carboxylic acids is 1. The van der Waals surface area contributed by atoms with Gasteiger partial charge >= 0.3 is 0 Å². The highest BCUT2D eigenvalue weighted by Gasteiger charge is 2.25. The Morgan fingerprint density at radius 1 is 1.38 bits per heavy atom. The highest BCUT2D eigenvalue weighted by atomic mass is 79.9. The molecule has 1 amide bonds. The molecule has 0 N–H and O–H groups in total. The molecule has 4 nitrogen and oxygen atoms in total. The normalized spacial score (nSPS) is 17.3. The topological polar surface area (TPSA) is 47.3 Å². The van der Waals surface area contributed by atoms with E-state index in [1.54, 1.807) is 0 Å². The van der Waals surface area contributed by atoms with Crippen molar-refractivity contribution in [3.8, 4) is 6.07 Å². The van der Waals surface area contributed by atoms with Gasteiger partial charge in [-0.2, -0.15) is 5.26 Å². The number of amides is 1. The molecule has 1 heterocycles. The first-order valence-corrected chi connectivity index (χ1v) is 8.05. The predicted octanol–water partition coefficient (Wildman–Crippen LogP) is 2.82. The maximum Gasteiger partial charge on any atom is 0.253 e. The zero-order chi connectivity index (χ0) is 15.4. The molecule has 0 radical (unpaired) electrons. The van der Waals surface area contributed by atoms with Crippen molar-refractivity contribution in [3.05, 3.63) is 33.8 Å². The zero-order valence-corrected chi connectivity index (χ0v) is 14.1. The molecule has 1 aromatic carbocycles. The smallest absolute Gasteiger partial charge is 0.253 e. The summed E-state index contributed by atoms with van der Waals surface area (Å²) in [4.78, 5) is 16.5. The Kier molecular flexibility index (Phi) is 5.38. The Hall–Kier alpha value is -1.38. The van der Waals surface area contributed by atoms with Gasteiger partial charge in [0.15, 0.2) is 0 Å². The third kappa shape index (κ3) is 3.63. The lowest BCUT2D eigenvalue weighted by molar-refractivity contribution is 0.0604. The van der Waals surface area contributed by atoms with Gasteiger partial charge in [0, 0.05) is 36.2 Å². The molecule has 1 aliphatic heterocycles. The van der Waals surface area contributed by atoms with Gasteiger partial charge in [-0.3, -0.25) is 9.69 Å². The van der Waals surface area contributed by atoms with E-state index < -0.39 is 0 Å². The Morgan fingerprint density at radius 2 is 2.05 bits per heavy atom. The van der Waals surface area contributed by atoms with Crippen molar-refractivity contribution in [2.75, 3.05) is 26.2 Å². The quantitative estimate of drug-likeness (QED) is 0.842. The highest BCUT2D eigenvalue weighted by Crippen LogP contribution is 2.19. The summed E-state index contributed by atoms with van der Waals surface area (Å²) in [6.45, 7) is 6.93. The van der Waals surface area contributed by atoms with Crippen LogP contribution in [0, 0.1) is 18.3 Å². The van der Waals surface area contributed by atoms with Crippen LogP contribution in [0.3, 0.4) is 0 Å². The first-order chi connectivity index (χ1) is 10.1. The maximum atomic E-state index is 12.5. The molecule has 1 saturated heterocycles. The first kappa shape index (κ1) is 16.0. The predicted molar refractivity (Wildman–Crippen MR) is 86.0 cm³/mol. The molecule has 0 saturated carbocycles. The van der Waals surface area contributed by atoms with Gasteiger partial charge in [-0.05, 0) is 31.0 Å². The monoisotopic (exact) mass is 349 g/mol. The van der Waals surface area contributed by atoms with E-state index >= 15 is 0 Å². The minimum absolute atomic E-state index is 0.0317. The minimum Gasteiger partial charge on any atom is -0.336 e. The van der Waals surface area contributed by atoms with Gasteiger partial charge in [0.1, 0.15) is 0 Å². The van der Waals surface area contributed by atoms with Crippen molar-refractivity contribution >= 4 is 21.8 Å². The Bertz CT molecular complexity index is 559. The van der Waals surface area contributed by atoms with Crippen LogP contribution in [0.15, 0.2) is 22.7 Å². The lowest BCUT2D eigenvalue weighted by Gasteiger charge is -2.36. The molecule has 1 unspecified atom stereocenters. The number of nitrogens with zero attached hydrogens (tertiary/aromatic N) is 3. The molecule has 2 rings (SSSR count). The molecule has 112 valence electrons. The number of piperazine rings is 1. The summed E-state index contributed by atoms with van der Waals surface area (Å²) in [6, 6.07) is 8.01. The molecule has 0 spiro atoms. The third-order valence-corrected chi connectivity index (χ3v) is 4.85. The SMILES string of the molecule is CCC(C#N)N1CCN(C(=O)c2ccc(C)c(Br)c2)CC1. The molecule has 1 aliphatic rings. The van der Waals surface area contributed by atoms with Gasteiger partial charge < -0.3 is 4.90 Å². The fourth-order valence-corrected chi connectivity index (χ4v) is 2.96. The molecule has 5 heteroatoms. The number of benzene rings is 1. The average Bonchev–Trinajstić information content (AvgIpc) is 2.51. The molecular weight excluding hydrogens is 330 g/mol. The molecule has 0 aliphatic carbocycles. The lowest BCUT2D eigenvalue weighted by Crippen LogP contribution is -2.51. The summed E-state index contributed by atoms with van der Waals surface area (Å²) in [6.07, 6.45) is 0.829. The number of nitriles is 1. The summed E-state index contributed by atoms with van der Waals surface area (Å²) < 4.78 is 0.961. The van der Waals surface area contributed by atoms with Gasteiger partial charge in [0.2, 0.25) is 0 Å². The number of rotatable bonds is 3. The van der Waals surface area contributed by atoms with E-state index in [0.717, 1.165) is 29.5 Å². The van der Waals surface area contributed by atoms with Crippen LogP contribution in [0.1, 0.15) is 29.3 Å². The lowest BCUT2D eigenvalue weighted by atomic mass is 10.1. The van der Waals surface area contributed by atoms with Gasteiger partial charge in [-0.15, -0.1) is 0 Å². The largest absolute Gasteiger partial charge is 0.336 e. The number of aryl methyl sites for hydroxylation is 1. The van der Waals surface area contributed by atoms with Crippen LogP contribution in [-0.4, -0.2) is 47.9 Å². The molecule has 0 bridgehead atoms. The van der Waals surface area contributed by atoms with Crippen LogP contribution in [-0.2, 0) is 0 Å². The van der Waals surface area contributed by atoms with E-state index in [1.807, 2.05) is 36.9 Å². The zero-order valence-electron chi connectivity index (χ0n) is 12.5. The number of carbonyl (C=O) groups is 1. The molecule has 0 aromatic heterocycles. The van der Waals surface area contributed by atoms with Gasteiger partial charge in [0.05, 0.1) is 12.1 Å². The fraction of sp³-hybridized carbons (Fsp3) is 0.500. The van der Waals surface area contributed by atoms with Crippen LogP contribution >= 0.6 is 15.9 Å². The van der Waals surface area contributed by atoms with Gasteiger partial charge in [-0.25, -0.2) is 0 Å². The van der Waals surface area contributed by atoms with Crippen LogP contribution < -0.4 is 0 Å². The van der Waals surface area contributed by atoms with Crippen LogP contribution in [0.25, 0.3) is 0 Å². The first-order valence-electron chi connectivity index (χ1n) is 7.26. The highest BCUT2D eigenvalue weighted by molar-refractivity contribution is 9.10. The summed E-state index contributed by atoms with van der Waals surface area (Å²) in [5.41, 5.74) is 1.84. The number of hydrogen-bond donors (Lipinski definition) is 0. The van der Waals surface area contributed by atoms with E-state index in [0.29, 0.717) is 18.7 Å². The summed E-state index contributed by atoms with van der Waals surface area (Å²) in [5, 5.41) is 9.11. The van der Waals surface area contributed by atoms with Crippen molar-refractivity contribution in [1.29, 1.82) is 5.26 Å². The van der Waals surface area contributed by atoms with Crippen LogP contribution in [0.4, 0.5) is 0 Å². The van der Waals surface area contributed by atoms with Crippen molar-refractivity contribution in [2.24, 2.45) is 0 Å². The average molecular weight is 350 g/mol. The number of halogens is 1. The van der Waals surface area contributed by atoms with Crippen molar-refractivity contribution in [3.63, 3.8) is 0 Å². The summed E-state index contributed by atoms with van der Waals surface area (Å²) in [5.74, 6) is 0.0698. The standard InChI is InChI=1S/C16H20BrN3O/c1-3-14(11-18)19-6-8-20(9-7-19)16(21)13-5-4-12(2)15(17)10-13/h4-5,10,14H,3,6-9H2,1-2H3. The van der Waals surface area contributed by atoms with Crippen molar-refractivity contribution < 1.29 is 4.79 Å². The molecular formula is C16H20BrN3O. The van der Waals surface area contributed by atoms with E-state index in [4.69, 9.17) is 5.26 Å². The van der Waals surface area contributed by atoms with E-state index in [9.17, 15) is 4.79 Å². The number of hydrogen-bond acceptors (Lipinski definition) is 3. The third-order valence-electron chi connectivity index (χ3n) is 4.00. The van der Waals surface area contributed by atoms with Crippen molar-refractivity contribution in [1.82, 2.24) is 9.80 Å². The minimum atomic E-state index is -0.0317. The van der Waals surface area contributed by atoms with Gasteiger partial charge in [-0.1, -0.05) is 28.9 Å². The second kappa shape index (κ2) is 7.06. The van der Waals surface area contributed by atoms with E-state index in [-0.39, 0.29) is 11.9 Å². The summed E-state index contributed by atoms with van der Waals surface area (Å²) in [7, 11) is 0. The molecule has 21 heavy (non-hydrogen) atoms. The Balaban J connectivity index is 2.00.